The summed E-state index contributed by atoms with van der Waals surface area (Å²) in [7, 11) is 0. The van der Waals surface area contributed by atoms with E-state index in [1.807, 2.05) is 24.0 Å². The smallest absolute Gasteiger partial charge is 0.261 e. The topological polar surface area (TPSA) is 55.2 Å². The Labute approximate surface area is 135 Å². The van der Waals surface area contributed by atoms with E-state index in [1.165, 1.54) is 17.3 Å². The third kappa shape index (κ3) is 3.00. The van der Waals surface area contributed by atoms with Crippen LogP contribution in [-0.4, -0.2) is 32.9 Å². The van der Waals surface area contributed by atoms with Crippen LogP contribution in [0.3, 0.4) is 0 Å². The Kier molecular flexibility index (Phi) is 4.46. The van der Waals surface area contributed by atoms with Crippen molar-refractivity contribution >= 4 is 16.8 Å². The average molecular weight is 313 g/mol. The normalized spacial score (nSPS) is 18.3. The Morgan fingerprint density at radius 1 is 1.35 bits per heavy atom. The highest BCUT2D eigenvalue weighted by Crippen LogP contribution is 2.20. The Hall–Kier alpha value is -2.17. The number of aromatic nitrogens is 2. The van der Waals surface area contributed by atoms with Crippen LogP contribution in [0.2, 0.25) is 0 Å². The van der Waals surface area contributed by atoms with Crippen LogP contribution in [0.5, 0.6) is 0 Å². The van der Waals surface area contributed by atoms with E-state index in [0.29, 0.717) is 16.9 Å². The largest absolute Gasteiger partial charge is 0.338 e. The van der Waals surface area contributed by atoms with Gasteiger partial charge in [0, 0.05) is 12.6 Å². The van der Waals surface area contributed by atoms with Crippen LogP contribution in [0.4, 0.5) is 0 Å². The summed E-state index contributed by atoms with van der Waals surface area (Å²) in [6, 6.07) is 5.87. The molecule has 1 unspecified atom stereocenters. The number of para-hydroxylation sites is 1. The molecule has 0 aliphatic carbocycles. The Morgan fingerprint density at radius 3 is 2.96 bits per heavy atom. The molecule has 23 heavy (non-hydrogen) atoms. The number of amides is 1. The Morgan fingerprint density at radius 2 is 2.17 bits per heavy atom. The van der Waals surface area contributed by atoms with Crippen LogP contribution in [0, 0.1) is 6.92 Å². The fourth-order valence-electron chi connectivity index (χ4n) is 3.44. The number of likely N-dealkylation sites (tertiary alicyclic amines) is 1. The number of piperidine rings is 1. The van der Waals surface area contributed by atoms with Gasteiger partial charge in [-0.2, -0.15) is 0 Å². The quantitative estimate of drug-likeness (QED) is 0.875. The van der Waals surface area contributed by atoms with Gasteiger partial charge in [0.2, 0.25) is 5.91 Å². The third-order valence-electron chi connectivity index (χ3n) is 4.78. The van der Waals surface area contributed by atoms with E-state index in [2.05, 4.69) is 11.9 Å². The molecule has 1 aliphatic heterocycles. The number of nitrogens with zero attached hydrogens (tertiary/aromatic N) is 3. The van der Waals surface area contributed by atoms with E-state index < -0.39 is 0 Å². The van der Waals surface area contributed by atoms with E-state index in [9.17, 15) is 9.59 Å². The van der Waals surface area contributed by atoms with Crippen molar-refractivity contribution in [3.05, 3.63) is 40.4 Å². The zero-order valence-corrected chi connectivity index (χ0v) is 13.8. The van der Waals surface area contributed by atoms with Gasteiger partial charge in [0.05, 0.1) is 17.2 Å². The van der Waals surface area contributed by atoms with E-state index in [0.717, 1.165) is 31.4 Å². The molecule has 0 radical (unpaired) electrons. The van der Waals surface area contributed by atoms with Crippen LogP contribution < -0.4 is 5.56 Å². The van der Waals surface area contributed by atoms with E-state index in [-0.39, 0.29) is 18.0 Å². The van der Waals surface area contributed by atoms with Crippen molar-refractivity contribution in [1.82, 2.24) is 14.5 Å². The van der Waals surface area contributed by atoms with Crippen LogP contribution >= 0.6 is 0 Å². The second-order valence-corrected chi connectivity index (χ2v) is 6.29. The highest BCUT2D eigenvalue weighted by Gasteiger charge is 2.25. The van der Waals surface area contributed by atoms with E-state index >= 15 is 0 Å². The van der Waals surface area contributed by atoms with Crippen LogP contribution in [0.25, 0.3) is 10.9 Å². The molecule has 122 valence electrons. The lowest BCUT2D eigenvalue weighted by atomic mass is 10.00. The van der Waals surface area contributed by atoms with Gasteiger partial charge in [-0.1, -0.05) is 19.1 Å². The highest BCUT2D eigenvalue weighted by molar-refractivity contribution is 5.81. The second kappa shape index (κ2) is 6.52. The summed E-state index contributed by atoms with van der Waals surface area (Å²) in [5.74, 6) is 0.0208. The Bertz CT molecular complexity index is 781. The number of rotatable bonds is 3. The van der Waals surface area contributed by atoms with Crippen molar-refractivity contribution < 1.29 is 4.79 Å². The monoisotopic (exact) mass is 313 g/mol. The van der Waals surface area contributed by atoms with Crippen molar-refractivity contribution in [2.45, 2.75) is 52.1 Å². The molecule has 1 fully saturated rings. The summed E-state index contributed by atoms with van der Waals surface area (Å²) in [5, 5.41) is 0.575. The molecular weight excluding hydrogens is 290 g/mol. The Balaban J connectivity index is 1.88. The number of hydrogen-bond donors (Lipinski definition) is 0. The molecule has 1 aromatic carbocycles. The molecule has 1 atom stereocenters. The number of aryl methyl sites for hydroxylation is 1. The molecule has 0 spiro atoms. The average Bonchev–Trinajstić information content (AvgIpc) is 2.58. The zero-order chi connectivity index (χ0) is 16.4. The summed E-state index contributed by atoms with van der Waals surface area (Å²) in [6.07, 6.45) is 5.76. The minimum Gasteiger partial charge on any atom is -0.338 e. The maximum Gasteiger partial charge on any atom is 0.261 e. The van der Waals surface area contributed by atoms with Gasteiger partial charge in [-0.15, -0.1) is 0 Å². The number of carbonyl (C=O) groups is 1. The van der Waals surface area contributed by atoms with Gasteiger partial charge in [0.15, 0.2) is 0 Å². The fourth-order valence-corrected chi connectivity index (χ4v) is 3.44. The maximum atomic E-state index is 12.6. The molecular formula is C18H23N3O2. The highest BCUT2D eigenvalue weighted by atomic mass is 16.2. The first-order chi connectivity index (χ1) is 11.1. The minimum absolute atomic E-state index is 0.0208. The SMILES string of the molecule is CCC1CCCCN1C(=O)Cn1cnc2c(C)cccc2c1=O. The predicted octanol–water partition coefficient (Wildman–Crippen LogP) is 2.50. The molecule has 3 rings (SSSR count). The molecule has 5 heteroatoms. The molecule has 1 aromatic heterocycles. The van der Waals surface area contributed by atoms with Gasteiger partial charge in [0.1, 0.15) is 6.54 Å². The van der Waals surface area contributed by atoms with Gasteiger partial charge >= 0.3 is 0 Å². The maximum absolute atomic E-state index is 12.6. The lowest BCUT2D eigenvalue weighted by Crippen LogP contribution is -2.45. The summed E-state index contributed by atoms with van der Waals surface area (Å²) < 4.78 is 1.44. The van der Waals surface area contributed by atoms with Crippen LogP contribution in [0.15, 0.2) is 29.3 Å². The zero-order valence-electron chi connectivity index (χ0n) is 13.8. The van der Waals surface area contributed by atoms with Gasteiger partial charge < -0.3 is 4.90 Å². The van der Waals surface area contributed by atoms with Crippen molar-refractivity contribution in [3.8, 4) is 0 Å². The van der Waals surface area contributed by atoms with E-state index in [1.54, 1.807) is 6.07 Å². The van der Waals surface area contributed by atoms with E-state index in [4.69, 9.17) is 0 Å². The number of hydrogen-bond acceptors (Lipinski definition) is 3. The van der Waals surface area contributed by atoms with Crippen molar-refractivity contribution in [1.29, 1.82) is 0 Å². The first kappa shape index (κ1) is 15.7. The lowest BCUT2D eigenvalue weighted by molar-refractivity contribution is -0.135. The summed E-state index contributed by atoms with van der Waals surface area (Å²) in [4.78, 5) is 31.5. The van der Waals surface area contributed by atoms with Crippen molar-refractivity contribution in [2.24, 2.45) is 0 Å². The van der Waals surface area contributed by atoms with Gasteiger partial charge in [-0.05, 0) is 44.2 Å². The molecule has 0 saturated carbocycles. The van der Waals surface area contributed by atoms with Crippen molar-refractivity contribution in [2.75, 3.05) is 6.54 Å². The van der Waals surface area contributed by atoms with Crippen molar-refractivity contribution in [3.63, 3.8) is 0 Å². The molecule has 1 saturated heterocycles. The minimum atomic E-state index is -0.142. The number of carbonyl (C=O) groups excluding carboxylic acids is 1. The summed E-state index contributed by atoms with van der Waals surface area (Å²) in [6.45, 7) is 4.92. The summed E-state index contributed by atoms with van der Waals surface area (Å²) in [5.41, 5.74) is 1.54. The second-order valence-electron chi connectivity index (χ2n) is 6.29. The molecule has 1 aliphatic rings. The predicted molar refractivity (Wildman–Crippen MR) is 90.4 cm³/mol. The van der Waals surface area contributed by atoms with Gasteiger partial charge in [-0.25, -0.2) is 4.98 Å². The van der Waals surface area contributed by atoms with Gasteiger partial charge in [-0.3, -0.25) is 14.2 Å². The molecule has 5 nitrogen and oxygen atoms in total. The molecule has 0 N–H and O–H groups in total. The summed E-state index contributed by atoms with van der Waals surface area (Å²) >= 11 is 0. The standard InChI is InChI=1S/C18H23N3O2/c1-3-14-8-4-5-10-21(14)16(22)11-20-12-19-17-13(2)7-6-9-15(17)18(20)23/h6-7,9,12,14H,3-5,8,10-11H2,1-2H3. The van der Waals surface area contributed by atoms with Crippen LogP contribution in [0.1, 0.15) is 38.2 Å². The number of fused-ring (bicyclic) bond motifs is 1. The third-order valence-corrected chi connectivity index (χ3v) is 4.78. The number of benzene rings is 1. The first-order valence-corrected chi connectivity index (χ1v) is 8.36. The first-order valence-electron chi connectivity index (χ1n) is 8.36. The fraction of sp³-hybridized carbons (Fsp3) is 0.500. The molecule has 2 aromatic rings. The molecule has 2 heterocycles. The molecule has 1 amide bonds. The van der Waals surface area contributed by atoms with Crippen LogP contribution in [-0.2, 0) is 11.3 Å². The van der Waals surface area contributed by atoms with Gasteiger partial charge in [0.25, 0.3) is 5.56 Å². The lowest BCUT2D eigenvalue weighted by Gasteiger charge is -2.35. The molecule has 0 bridgehead atoms.